The Morgan fingerprint density at radius 3 is 2.29 bits per heavy atom. The molecule has 0 heterocycles. The third-order valence-electron chi connectivity index (χ3n) is 3.13. The van der Waals surface area contributed by atoms with E-state index in [1.54, 1.807) is 12.3 Å². The molecule has 0 aliphatic carbocycles. The third kappa shape index (κ3) is 4.42. The van der Waals surface area contributed by atoms with Crippen LogP contribution in [-0.2, 0) is 11.2 Å². The van der Waals surface area contributed by atoms with Crippen molar-refractivity contribution in [3.63, 3.8) is 0 Å². The lowest BCUT2D eigenvalue weighted by atomic mass is 10.1. The van der Waals surface area contributed by atoms with E-state index in [0.29, 0.717) is 6.42 Å². The summed E-state index contributed by atoms with van der Waals surface area (Å²) in [7, 11) is 0. The van der Waals surface area contributed by atoms with Crippen molar-refractivity contribution in [3.8, 4) is 0 Å². The van der Waals surface area contributed by atoms with E-state index in [2.05, 4.69) is 11.6 Å². The second-order valence-corrected chi connectivity index (χ2v) is 4.69. The van der Waals surface area contributed by atoms with Crippen molar-refractivity contribution < 1.29 is 9.90 Å². The molecule has 2 rings (SSSR count). The van der Waals surface area contributed by atoms with Gasteiger partial charge in [0.05, 0.1) is 0 Å². The number of hydrogen-bond donors (Lipinski definition) is 1. The third-order valence-corrected chi connectivity index (χ3v) is 3.13. The summed E-state index contributed by atoms with van der Waals surface area (Å²) in [6, 6.07) is 16.4. The van der Waals surface area contributed by atoms with Crippen LogP contribution >= 0.6 is 0 Å². The van der Waals surface area contributed by atoms with Crippen molar-refractivity contribution in [2.75, 3.05) is 0 Å². The highest BCUT2D eigenvalue weighted by molar-refractivity contribution is 5.83. The molecule has 3 nitrogen and oxygen atoms in total. The van der Waals surface area contributed by atoms with E-state index >= 15 is 0 Å². The molecule has 3 heteroatoms. The van der Waals surface area contributed by atoms with E-state index in [-0.39, 0.29) is 0 Å². The number of aliphatic imine (C=N–C) groups is 1. The van der Waals surface area contributed by atoms with E-state index in [1.807, 2.05) is 54.6 Å². The molecule has 0 aliphatic heterocycles. The molecule has 1 N–H and O–H groups in total. The van der Waals surface area contributed by atoms with Crippen LogP contribution in [0.1, 0.15) is 16.7 Å². The number of nitrogens with zero attached hydrogens (tertiary/aromatic N) is 1. The van der Waals surface area contributed by atoms with Gasteiger partial charge < -0.3 is 5.11 Å². The van der Waals surface area contributed by atoms with Crippen molar-refractivity contribution in [1.82, 2.24) is 0 Å². The fourth-order valence-electron chi connectivity index (χ4n) is 1.94. The highest BCUT2D eigenvalue weighted by Gasteiger charge is 2.15. The molecule has 0 fully saturated rings. The molecule has 2 aromatic carbocycles. The first-order valence-corrected chi connectivity index (χ1v) is 6.71. The maximum atomic E-state index is 11.3. The van der Waals surface area contributed by atoms with Crippen LogP contribution in [0.4, 0.5) is 0 Å². The number of carboxylic acid groups (broad SMARTS) is 1. The van der Waals surface area contributed by atoms with E-state index in [9.17, 15) is 9.90 Å². The predicted molar refractivity (Wildman–Crippen MR) is 85.7 cm³/mol. The number of benzene rings is 2. The van der Waals surface area contributed by atoms with Gasteiger partial charge in [-0.15, -0.1) is 0 Å². The summed E-state index contributed by atoms with van der Waals surface area (Å²) in [4.78, 5) is 15.5. The van der Waals surface area contributed by atoms with Gasteiger partial charge in [0.15, 0.2) is 6.04 Å². The van der Waals surface area contributed by atoms with Gasteiger partial charge in [0, 0.05) is 12.6 Å². The quantitative estimate of drug-likeness (QED) is 0.823. The van der Waals surface area contributed by atoms with E-state index in [0.717, 1.165) is 16.7 Å². The van der Waals surface area contributed by atoms with Crippen LogP contribution in [0.15, 0.2) is 66.2 Å². The Kier molecular flexibility index (Phi) is 5.04. The molecule has 0 amide bonds. The molecule has 0 aromatic heterocycles. The zero-order valence-electron chi connectivity index (χ0n) is 11.6. The highest BCUT2D eigenvalue weighted by Crippen LogP contribution is 2.08. The number of carbonyl (C=O) groups is 1. The van der Waals surface area contributed by atoms with Gasteiger partial charge in [0.1, 0.15) is 0 Å². The molecule has 1 atom stereocenters. The lowest BCUT2D eigenvalue weighted by Gasteiger charge is -2.07. The van der Waals surface area contributed by atoms with Crippen molar-refractivity contribution in [3.05, 3.63) is 77.9 Å². The summed E-state index contributed by atoms with van der Waals surface area (Å²) < 4.78 is 0. The van der Waals surface area contributed by atoms with Crippen molar-refractivity contribution in [2.45, 2.75) is 12.5 Å². The van der Waals surface area contributed by atoms with Crippen molar-refractivity contribution in [1.29, 1.82) is 0 Å². The summed E-state index contributed by atoms with van der Waals surface area (Å²) in [6.45, 7) is 3.69. The monoisotopic (exact) mass is 279 g/mol. The van der Waals surface area contributed by atoms with Gasteiger partial charge in [-0.1, -0.05) is 67.3 Å². The molecule has 0 bridgehead atoms. The summed E-state index contributed by atoms with van der Waals surface area (Å²) in [5.74, 6) is -0.919. The van der Waals surface area contributed by atoms with Crippen LogP contribution in [0.25, 0.3) is 6.08 Å². The Balaban J connectivity index is 2.10. The SMILES string of the molecule is C=Cc1ccc(C=N[C@@H](Cc2ccccc2)C(=O)O)cc1. The zero-order valence-corrected chi connectivity index (χ0v) is 11.6. The topological polar surface area (TPSA) is 49.7 Å². The molecule has 106 valence electrons. The Morgan fingerprint density at radius 1 is 1.10 bits per heavy atom. The smallest absolute Gasteiger partial charge is 0.328 e. The van der Waals surface area contributed by atoms with Gasteiger partial charge >= 0.3 is 5.97 Å². The molecular weight excluding hydrogens is 262 g/mol. The van der Waals surface area contributed by atoms with Gasteiger partial charge in [-0.05, 0) is 16.7 Å². The molecule has 2 aromatic rings. The Morgan fingerprint density at radius 2 is 1.71 bits per heavy atom. The number of rotatable bonds is 6. The van der Waals surface area contributed by atoms with Gasteiger partial charge in [-0.3, -0.25) is 4.99 Å². The Bertz CT molecular complexity index is 630. The fourth-order valence-corrected chi connectivity index (χ4v) is 1.94. The van der Waals surface area contributed by atoms with Gasteiger partial charge in [-0.2, -0.15) is 0 Å². The number of hydrogen-bond acceptors (Lipinski definition) is 2. The molecule has 21 heavy (non-hydrogen) atoms. The number of carboxylic acids is 1. The minimum Gasteiger partial charge on any atom is -0.480 e. The first-order chi connectivity index (χ1) is 10.2. The standard InChI is InChI=1S/C18H17NO2/c1-2-14-8-10-16(11-9-14)13-19-17(18(20)21)12-15-6-4-3-5-7-15/h2-11,13,17H,1,12H2,(H,20,21)/t17-/m0/s1. The van der Waals surface area contributed by atoms with Gasteiger partial charge in [0.2, 0.25) is 0 Å². The van der Waals surface area contributed by atoms with Gasteiger partial charge in [0.25, 0.3) is 0 Å². The Labute approximate surface area is 124 Å². The van der Waals surface area contributed by atoms with Crippen LogP contribution in [0, 0.1) is 0 Å². The van der Waals surface area contributed by atoms with Crippen molar-refractivity contribution >= 4 is 18.3 Å². The summed E-state index contributed by atoms with van der Waals surface area (Å²) in [5, 5.41) is 9.27. The minimum absolute atomic E-state index is 0.386. The first-order valence-electron chi connectivity index (χ1n) is 6.71. The fraction of sp³-hybridized carbons (Fsp3) is 0.111. The van der Waals surface area contributed by atoms with Crippen LogP contribution in [0.2, 0.25) is 0 Å². The predicted octanol–water partition coefficient (Wildman–Crippen LogP) is 3.44. The number of aliphatic carboxylic acids is 1. The molecule has 0 radical (unpaired) electrons. The average Bonchev–Trinajstić information content (AvgIpc) is 2.52. The lowest BCUT2D eigenvalue weighted by molar-refractivity contribution is -0.138. The first kappa shape index (κ1) is 14.7. The van der Waals surface area contributed by atoms with E-state index < -0.39 is 12.0 Å². The highest BCUT2D eigenvalue weighted by atomic mass is 16.4. The Hall–Kier alpha value is -2.68. The molecule has 0 aliphatic rings. The summed E-state index contributed by atoms with van der Waals surface area (Å²) in [5.41, 5.74) is 2.86. The minimum atomic E-state index is -0.919. The maximum absolute atomic E-state index is 11.3. The molecule has 0 unspecified atom stereocenters. The zero-order chi connectivity index (χ0) is 15.1. The molecule has 0 spiro atoms. The van der Waals surface area contributed by atoms with E-state index in [4.69, 9.17) is 0 Å². The summed E-state index contributed by atoms with van der Waals surface area (Å²) >= 11 is 0. The largest absolute Gasteiger partial charge is 0.480 e. The lowest BCUT2D eigenvalue weighted by Crippen LogP contribution is -2.20. The average molecular weight is 279 g/mol. The second kappa shape index (κ2) is 7.20. The normalized spacial score (nSPS) is 12.2. The van der Waals surface area contributed by atoms with Crippen LogP contribution < -0.4 is 0 Å². The van der Waals surface area contributed by atoms with E-state index in [1.165, 1.54) is 0 Å². The van der Waals surface area contributed by atoms with Crippen LogP contribution in [0.5, 0.6) is 0 Å². The van der Waals surface area contributed by atoms with Crippen molar-refractivity contribution in [2.24, 2.45) is 4.99 Å². The van der Waals surface area contributed by atoms with Gasteiger partial charge in [-0.25, -0.2) is 4.79 Å². The summed E-state index contributed by atoms with van der Waals surface area (Å²) in [6.07, 6.45) is 3.75. The second-order valence-electron chi connectivity index (χ2n) is 4.69. The van der Waals surface area contributed by atoms with Crippen LogP contribution in [0.3, 0.4) is 0 Å². The van der Waals surface area contributed by atoms with Crippen LogP contribution in [-0.4, -0.2) is 23.3 Å². The molecule has 0 saturated heterocycles. The molecule has 0 saturated carbocycles. The molecular formula is C18H17NO2. The maximum Gasteiger partial charge on any atom is 0.328 e.